The molecule has 2 N–H and O–H groups in total. The number of aromatic amines is 1. The third-order valence-electron chi connectivity index (χ3n) is 5.51. The van der Waals surface area contributed by atoms with Crippen LogP contribution in [-0.4, -0.2) is 46.2 Å². The maximum atomic E-state index is 14.6. The second-order valence-electron chi connectivity index (χ2n) is 7.67. The number of ether oxygens (including phenoxy) is 2. The number of alkyl halides is 3. The van der Waals surface area contributed by atoms with Crippen molar-refractivity contribution in [1.29, 1.82) is 0 Å². The quantitative estimate of drug-likeness (QED) is 0.565. The molecule has 168 valence electrons. The van der Waals surface area contributed by atoms with Gasteiger partial charge in [-0.3, -0.25) is 0 Å². The van der Waals surface area contributed by atoms with Gasteiger partial charge in [-0.15, -0.1) is 0 Å². The Balaban J connectivity index is 1.37. The third kappa shape index (κ3) is 3.40. The summed E-state index contributed by atoms with van der Waals surface area (Å²) in [5.74, 6) is -3.73. The van der Waals surface area contributed by atoms with Gasteiger partial charge in [-0.1, -0.05) is 0 Å². The average Bonchev–Trinajstić information content (AvgIpc) is 3.07. The number of hydrogen-bond donors (Lipinski definition) is 2. The molecule has 1 spiro atoms. The smallest absolute Gasteiger partial charge is 0.418 e. The number of carbonyl (C=O) groups excluding carboxylic acids is 1. The molecule has 0 saturated carbocycles. The molecule has 2 aliphatic rings. The van der Waals surface area contributed by atoms with E-state index in [1.807, 2.05) is 0 Å². The first-order valence-electron chi connectivity index (χ1n) is 9.55. The van der Waals surface area contributed by atoms with E-state index in [-0.39, 0.29) is 16.9 Å². The number of H-pyrrole nitrogens is 1. The average molecular weight is 454 g/mol. The molecule has 12 heteroatoms. The highest BCUT2D eigenvalue weighted by molar-refractivity contribution is 5.90. The SMILES string of the molecule is O=C(Nc1cc(F)c(Oc2ccnc3[nH]cc(C(F)(F)F)c23)c(F)c1)N1CC2(CCO2)C1. The molecule has 0 unspecified atom stereocenters. The predicted octanol–water partition coefficient (Wildman–Crippen LogP) is 4.66. The Bertz CT molecular complexity index is 1190. The monoisotopic (exact) mass is 454 g/mol. The Labute approximate surface area is 177 Å². The van der Waals surface area contributed by atoms with Crippen LogP contribution in [0.25, 0.3) is 11.0 Å². The van der Waals surface area contributed by atoms with Crippen LogP contribution in [0, 0.1) is 11.6 Å². The zero-order valence-corrected chi connectivity index (χ0v) is 16.2. The molecule has 1 aromatic carbocycles. The van der Waals surface area contributed by atoms with Crippen molar-refractivity contribution in [3.63, 3.8) is 0 Å². The minimum absolute atomic E-state index is 0.151. The number of nitrogens with zero attached hydrogens (tertiary/aromatic N) is 2. The summed E-state index contributed by atoms with van der Waals surface area (Å²) in [5, 5.41) is 1.93. The summed E-state index contributed by atoms with van der Waals surface area (Å²) in [5.41, 5.74) is -1.69. The van der Waals surface area contributed by atoms with Gasteiger partial charge >= 0.3 is 12.2 Å². The van der Waals surface area contributed by atoms with Crippen LogP contribution in [0.4, 0.5) is 32.4 Å². The standard InChI is InChI=1S/C20H15F5N4O3/c21-12-5-10(28-18(30)29-8-19(9-29)2-4-31-19)6-13(22)16(12)32-14-1-3-26-17-15(14)11(7-27-17)20(23,24)25/h1,3,5-7H,2,4,8-9H2,(H,26,27)(H,28,30). The number of anilines is 1. The number of hydrogen-bond acceptors (Lipinski definition) is 4. The highest BCUT2D eigenvalue weighted by atomic mass is 19.4. The molecule has 0 bridgehead atoms. The summed E-state index contributed by atoms with van der Waals surface area (Å²) >= 11 is 0. The number of rotatable bonds is 3. The van der Waals surface area contributed by atoms with Crippen molar-refractivity contribution in [3.8, 4) is 11.5 Å². The second kappa shape index (κ2) is 7.05. The number of benzene rings is 1. The lowest BCUT2D eigenvalue weighted by atomic mass is 9.86. The molecule has 2 amide bonds. The first-order chi connectivity index (χ1) is 15.2. The Kier molecular flexibility index (Phi) is 4.52. The van der Waals surface area contributed by atoms with Gasteiger partial charge < -0.3 is 24.7 Å². The summed E-state index contributed by atoms with van der Waals surface area (Å²) in [6, 6.07) is 2.18. The molecule has 2 aliphatic heterocycles. The van der Waals surface area contributed by atoms with Crippen LogP contribution in [0.5, 0.6) is 11.5 Å². The van der Waals surface area contributed by atoms with Gasteiger partial charge in [0.25, 0.3) is 0 Å². The molecule has 0 aliphatic carbocycles. The zero-order chi connectivity index (χ0) is 22.7. The van der Waals surface area contributed by atoms with Crippen molar-refractivity contribution < 1.29 is 36.2 Å². The maximum Gasteiger partial charge on any atom is 0.418 e. The largest absolute Gasteiger partial charge is 0.450 e. The Morgan fingerprint density at radius 2 is 1.94 bits per heavy atom. The van der Waals surface area contributed by atoms with Crippen LogP contribution in [0.2, 0.25) is 0 Å². The van der Waals surface area contributed by atoms with Crippen molar-refractivity contribution in [2.75, 3.05) is 25.0 Å². The lowest BCUT2D eigenvalue weighted by Gasteiger charge is -2.54. The third-order valence-corrected chi connectivity index (χ3v) is 5.51. The Morgan fingerprint density at radius 1 is 1.25 bits per heavy atom. The molecule has 2 saturated heterocycles. The molecule has 2 fully saturated rings. The summed E-state index contributed by atoms with van der Waals surface area (Å²) in [6.07, 6.45) is -2.04. The van der Waals surface area contributed by atoms with Crippen LogP contribution in [0.15, 0.2) is 30.6 Å². The highest BCUT2D eigenvalue weighted by Crippen LogP contribution is 2.41. The van der Waals surface area contributed by atoms with E-state index in [1.165, 1.54) is 4.90 Å². The normalized spacial score (nSPS) is 17.2. The van der Waals surface area contributed by atoms with Crippen molar-refractivity contribution >= 4 is 22.8 Å². The van der Waals surface area contributed by atoms with Gasteiger partial charge in [-0.25, -0.2) is 18.6 Å². The van der Waals surface area contributed by atoms with Crippen molar-refractivity contribution in [1.82, 2.24) is 14.9 Å². The lowest BCUT2D eigenvalue weighted by molar-refractivity contribution is -0.207. The van der Waals surface area contributed by atoms with E-state index in [0.717, 1.165) is 30.8 Å². The number of carbonyl (C=O) groups is 1. The highest BCUT2D eigenvalue weighted by Gasteiger charge is 2.50. The van der Waals surface area contributed by atoms with Gasteiger partial charge in [0.1, 0.15) is 17.0 Å². The molecule has 4 heterocycles. The number of amides is 2. The van der Waals surface area contributed by atoms with E-state index in [2.05, 4.69) is 15.3 Å². The van der Waals surface area contributed by atoms with E-state index in [9.17, 15) is 26.7 Å². The van der Waals surface area contributed by atoms with E-state index < -0.39 is 46.3 Å². The number of aromatic nitrogens is 2. The van der Waals surface area contributed by atoms with E-state index >= 15 is 0 Å². The Morgan fingerprint density at radius 3 is 2.53 bits per heavy atom. The first kappa shape index (κ1) is 20.5. The van der Waals surface area contributed by atoms with Crippen molar-refractivity contribution in [3.05, 3.63) is 47.8 Å². The zero-order valence-electron chi connectivity index (χ0n) is 16.2. The summed E-state index contributed by atoms with van der Waals surface area (Å²) in [4.78, 5) is 19.8. The van der Waals surface area contributed by atoms with Gasteiger partial charge in [-0.05, 0) is 6.07 Å². The molecule has 0 atom stereocenters. The number of halogens is 5. The van der Waals surface area contributed by atoms with E-state index in [1.54, 1.807) is 0 Å². The summed E-state index contributed by atoms with van der Waals surface area (Å²) in [6.45, 7) is 1.42. The number of nitrogens with one attached hydrogen (secondary N) is 2. The lowest BCUT2D eigenvalue weighted by Crippen LogP contribution is -2.69. The second-order valence-corrected chi connectivity index (χ2v) is 7.67. The minimum Gasteiger partial charge on any atom is -0.450 e. The van der Waals surface area contributed by atoms with Crippen LogP contribution >= 0.6 is 0 Å². The van der Waals surface area contributed by atoms with Gasteiger partial charge in [0.05, 0.1) is 30.6 Å². The fourth-order valence-electron chi connectivity index (χ4n) is 3.81. The molecule has 5 rings (SSSR count). The fraction of sp³-hybridized carbons (Fsp3) is 0.300. The Hall–Kier alpha value is -3.41. The van der Waals surface area contributed by atoms with Crippen LogP contribution in [0.3, 0.4) is 0 Å². The molecule has 2 aromatic heterocycles. The molecular formula is C20H15F5N4O3. The van der Waals surface area contributed by atoms with Gasteiger partial charge in [-0.2, -0.15) is 13.2 Å². The van der Waals surface area contributed by atoms with Crippen molar-refractivity contribution in [2.45, 2.75) is 18.2 Å². The number of urea groups is 1. The van der Waals surface area contributed by atoms with E-state index in [4.69, 9.17) is 9.47 Å². The predicted molar refractivity (Wildman–Crippen MR) is 101 cm³/mol. The molecule has 7 nitrogen and oxygen atoms in total. The molecule has 32 heavy (non-hydrogen) atoms. The number of fused-ring (bicyclic) bond motifs is 1. The van der Waals surface area contributed by atoms with E-state index in [0.29, 0.717) is 25.9 Å². The van der Waals surface area contributed by atoms with Crippen LogP contribution in [-0.2, 0) is 10.9 Å². The maximum absolute atomic E-state index is 14.6. The first-order valence-corrected chi connectivity index (χ1v) is 9.55. The minimum atomic E-state index is -4.73. The molecule has 3 aromatic rings. The van der Waals surface area contributed by atoms with Gasteiger partial charge in [0, 0.05) is 36.6 Å². The van der Waals surface area contributed by atoms with Gasteiger partial charge in [0.15, 0.2) is 17.4 Å². The number of pyridine rings is 1. The van der Waals surface area contributed by atoms with Gasteiger partial charge in [0.2, 0.25) is 0 Å². The van der Waals surface area contributed by atoms with Crippen molar-refractivity contribution in [2.24, 2.45) is 0 Å². The summed E-state index contributed by atoms with van der Waals surface area (Å²) in [7, 11) is 0. The fourth-order valence-corrected chi connectivity index (χ4v) is 3.81. The summed E-state index contributed by atoms with van der Waals surface area (Å²) < 4.78 is 79.6. The topological polar surface area (TPSA) is 79.5 Å². The molecule has 0 radical (unpaired) electrons. The number of likely N-dealkylation sites (tertiary alicyclic amines) is 1. The van der Waals surface area contributed by atoms with Crippen LogP contribution < -0.4 is 10.1 Å². The van der Waals surface area contributed by atoms with Crippen LogP contribution in [0.1, 0.15) is 12.0 Å². The molecular weight excluding hydrogens is 439 g/mol.